The van der Waals surface area contributed by atoms with Crippen LogP contribution in [0.25, 0.3) is 0 Å². The van der Waals surface area contributed by atoms with Gasteiger partial charge in [0.15, 0.2) is 0 Å². The molecule has 0 amide bonds. The molecule has 0 aliphatic carbocycles. The molecule has 1 aromatic heterocycles. The molecule has 50 valence electrons. The van der Waals surface area contributed by atoms with Crippen molar-refractivity contribution in [1.29, 1.82) is 0 Å². The highest BCUT2D eigenvalue weighted by molar-refractivity contribution is 14.1. The van der Waals surface area contributed by atoms with Crippen molar-refractivity contribution in [1.82, 2.24) is 5.16 Å². The van der Waals surface area contributed by atoms with Crippen molar-refractivity contribution in [3.8, 4) is 0 Å². The van der Waals surface area contributed by atoms with Gasteiger partial charge in [-0.25, -0.2) is 0 Å². The lowest BCUT2D eigenvalue weighted by Crippen LogP contribution is -1.74. The van der Waals surface area contributed by atoms with E-state index in [4.69, 9.17) is 4.52 Å². The van der Waals surface area contributed by atoms with Crippen LogP contribution in [0, 0.1) is 6.92 Å². The number of alkyl halides is 1. The van der Waals surface area contributed by atoms with Gasteiger partial charge in [-0.15, -0.1) is 0 Å². The zero-order chi connectivity index (χ0) is 6.85. The topological polar surface area (TPSA) is 26.0 Å². The minimum absolute atomic E-state index is 0.420. The Kier molecular flexibility index (Phi) is 2.10. The van der Waals surface area contributed by atoms with Gasteiger partial charge < -0.3 is 4.52 Å². The lowest BCUT2D eigenvalue weighted by atomic mass is 10.3. The van der Waals surface area contributed by atoms with Gasteiger partial charge in [0.05, 0.1) is 9.62 Å². The molecule has 0 bridgehead atoms. The largest absolute Gasteiger partial charge is 0.360 e. The van der Waals surface area contributed by atoms with Crippen molar-refractivity contribution in [3.05, 3.63) is 17.5 Å². The molecule has 0 radical (unpaired) electrons. The molecule has 3 heteroatoms. The molecule has 1 unspecified atom stereocenters. The van der Waals surface area contributed by atoms with Crippen molar-refractivity contribution in [2.45, 2.75) is 17.8 Å². The van der Waals surface area contributed by atoms with Crippen LogP contribution in [-0.2, 0) is 0 Å². The van der Waals surface area contributed by atoms with Gasteiger partial charge in [0, 0.05) is 6.07 Å². The highest BCUT2D eigenvalue weighted by Gasteiger charge is 2.04. The van der Waals surface area contributed by atoms with Crippen LogP contribution in [0.5, 0.6) is 0 Å². The molecule has 1 aromatic rings. The molecule has 1 rings (SSSR count). The Morgan fingerprint density at radius 1 is 1.78 bits per heavy atom. The number of aryl methyl sites for hydroxylation is 1. The Morgan fingerprint density at radius 3 is 2.67 bits per heavy atom. The summed E-state index contributed by atoms with van der Waals surface area (Å²) in [6, 6.07) is 1.96. The van der Waals surface area contributed by atoms with E-state index in [1.165, 1.54) is 0 Å². The lowest BCUT2D eigenvalue weighted by Gasteiger charge is -1.90. The van der Waals surface area contributed by atoms with Crippen LogP contribution in [0.2, 0.25) is 0 Å². The standard InChI is InChI=1S/C6H8INO/c1-4-3-6(5(2)7)9-8-4/h3,5H,1-2H3. The minimum Gasteiger partial charge on any atom is -0.360 e. The summed E-state index contributed by atoms with van der Waals surface area (Å²) in [5.41, 5.74) is 0.952. The van der Waals surface area contributed by atoms with Crippen molar-refractivity contribution in [2.24, 2.45) is 0 Å². The fourth-order valence-electron chi connectivity index (χ4n) is 0.571. The molecule has 0 spiro atoms. The third kappa shape index (κ3) is 1.67. The van der Waals surface area contributed by atoms with Crippen LogP contribution in [0.3, 0.4) is 0 Å². The molecule has 0 aromatic carbocycles. The van der Waals surface area contributed by atoms with Crippen molar-refractivity contribution in [3.63, 3.8) is 0 Å². The second kappa shape index (κ2) is 2.68. The maximum absolute atomic E-state index is 4.97. The molecule has 1 atom stereocenters. The summed E-state index contributed by atoms with van der Waals surface area (Å²) in [5, 5.41) is 3.76. The summed E-state index contributed by atoms with van der Waals surface area (Å²) < 4.78 is 5.39. The SMILES string of the molecule is Cc1cc(C(C)I)on1. The molecule has 0 aliphatic rings. The first-order valence-corrected chi connectivity index (χ1v) is 4.02. The molecule has 0 saturated carbocycles. The summed E-state index contributed by atoms with van der Waals surface area (Å²) in [5.74, 6) is 0.952. The van der Waals surface area contributed by atoms with E-state index in [1.807, 2.05) is 13.0 Å². The highest BCUT2D eigenvalue weighted by atomic mass is 127. The monoisotopic (exact) mass is 237 g/mol. The van der Waals surface area contributed by atoms with Crippen LogP contribution >= 0.6 is 22.6 Å². The molecule has 1 heterocycles. The zero-order valence-corrected chi connectivity index (χ0v) is 7.55. The second-order valence-corrected chi connectivity index (χ2v) is 3.86. The third-order valence-electron chi connectivity index (χ3n) is 1.04. The number of nitrogens with zero attached hydrogens (tertiary/aromatic N) is 1. The first kappa shape index (κ1) is 7.05. The summed E-state index contributed by atoms with van der Waals surface area (Å²) in [4.78, 5) is 0. The van der Waals surface area contributed by atoms with Crippen LogP contribution in [0.15, 0.2) is 10.6 Å². The Labute approximate surface area is 67.8 Å². The van der Waals surface area contributed by atoms with E-state index in [0.717, 1.165) is 11.5 Å². The minimum atomic E-state index is 0.420. The number of hydrogen-bond acceptors (Lipinski definition) is 2. The molecule has 0 saturated heterocycles. The van der Waals surface area contributed by atoms with E-state index < -0.39 is 0 Å². The Hall–Kier alpha value is -0.0600. The van der Waals surface area contributed by atoms with Gasteiger partial charge >= 0.3 is 0 Å². The van der Waals surface area contributed by atoms with Gasteiger partial charge in [-0.3, -0.25) is 0 Å². The maximum atomic E-state index is 4.97. The zero-order valence-electron chi connectivity index (χ0n) is 5.39. The molecule has 2 nitrogen and oxygen atoms in total. The fraction of sp³-hybridized carbons (Fsp3) is 0.500. The van der Waals surface area contributed by atoms with E-state index in [1.54, 1.807) is 0 Å². The van der Waals surface area contributed by atoms with Crippen molar-refractivity contribution < 1.29 is 4.52 Å². The van der Waals surface area contributed by atoms with Gasteiger partial charge in [0.1, 0.15) is 5.76 Å². The molecule has 0 aliphatic heterocycles. The quantitative estimate of drug-likeness (QED) is 0.554. The summed E-state index contributed by atoms with van der Waals surface area (Å²) in [6.07, 6.45) is 0. The molecule has 0 N–H and O–H groups in total. The van der Waals surface area contributed by atoms with Gasteiger partial charge in [0.2, 0.25) is 0 Å². The number of halogens is 1. The third-order valence-corrected chi connectivity index (χ3v) is 1.65. The summed E-state index contributed by atoms with van der Waals surface area (Å²) in [7, 11) is 0. The van der Waals surface area contributed by atoms with E-state index in [0.29, 0.717) is 3.92 Å². The number of aromatic nitrogens is 1. The Balaban J connectivity index is 2.85. The van der Waals surface area contributed by atoms with Crippen molar-refractivity contribution in [2.75, 3.05) is 0 Å². The number of hydrogen-bond donors (Lipinski definition) is 0. The number of rotatable bonds is 1. The molecular weight excluding hydrogens is 229 g/mol. The van der Waals surface area contributed by atoms with Crippen LogP contribution in [0.4, 0.5) is 0 Å². The van der Waals surface area contributed by atoms with Gasteiger partial charge in [0.25, 0.3) is 0 Å². The maximum Gasteiger partial charge on any atom is 0.149 e. The van der Waals surface area contributed by atoms with Crippen LogP contribution in [-0.4, -0.2) is 5.16 Å². The van der Waals surface area contributed by atoms with E-state index in [-0.39, 0.29) is 0 Å². The average Bonchev–Trinajstić information content (AvgIpc) is 2.14. The fourth-order valence-corrected chi connectivity index (χ4v) is 0.864. The smallest absolute Gasteiger partial charge is 0.149 e. The van der Waals surface area contributed by atoms with Crippen LogP contribution in [0.1, 0.15) is 22.3 Å². The first-order chi connectivity index (χ1) is 4.20. The Morgan fingerprint density at radius 2 is 2.44 bits per heavy atom. The van der Waals surface area contributed by atoms with Gasteiger partial charge in [-0.1, -0.05) is 27.7 Å². The summed E-state index contributed by atoms with van der Waals surface area (Å²) >= 11 is 2.29. The average molecular weight is 237 g/mol. The van der Waals surface area contributed by atoms with Crippen LogP contribution < -0.4 is 0 Å². The normalized spacial score (nSPS) is 13.7. The predicted octanol–water partition coefficient (Wildman–Crippen LogP) is 2.48. The predicted molar refractivity (Wildman–Crippen MR) is 43.7 cm³/mol. The van der Waals surface area contributed by atoms with Crippen molar-refractivity contribution >= 4 is 22.6 Å². The lowest BCUT2D eigenvalue weighted by molar-refractivity contribution is 0.383. The van der Waals surface area contributed by atoms with E-state index in [9.17, 15) is 0 Å². The highest BCUT2D eigenvalue weighted by Crippen LogP contribution is 2.21. The molecule has 0 fully saturated rings. The second-order valence-electron chi connectivity index (χ2n) is 1.99. The van der Waals surface area contributed by atoms with Gasteiger partial charge in [-0.2, -0.15) is 0 Å². The Bertz CT molecular complexity index is 195. The first-order valence-electron chi connectivity index (χ1n) is 2.77. The van der Waals surface area contributed by atoms with Gasteiger partial charge in [-0.05, 0) is 13.8 Å². The van der Waals surface area contributed by atoms with E-state index >= 15 is 0 Å². The van der Waals surface area contributed by atoms with E-state index in [2.05, 4.69) is 34.7 Å². The molecule has 9 heavy (non-hydrogen) atoms. The summed E-state index contributed by atoms with van der Waals surface area (Å²) in [6.45, 7) is 3.99. The molecular formula is C6H8INO.